The molecule has 0 saturated carbocycles. The van der Waals surface area contributed by atoms with Gasteiger partial charge in [-0.05, 0) is 43.5 Å². The van der Waals surface area contributed by atoms with Crippen LogP contribution in [0.15, 0.2) is 40.3 Å². The largest absolute Gasteiger partial charge is 0.462 e. The van der Waals surface area contributed by atoms with E-state index in [0.29, 0.717) is 33.6 Å². The molecule has 0 aliphatic carbocycles. The summed E-state index contributed by atoms with van der Waals surface area (Å²) >= 11 is 1.08. The SMILES string of the molecule is CCOC(=O)c1sc2ncn(CC(=O)NCCc3ccc(S(N)(=O)=O)cc3)c(=O)c2c1C. The van der Waals surface area contributed by atoms with Gasteiger partial charge in [-0.15, -0.1) is 11.3 Å². The predicted octanol–water partition coefficient (Wildman–Crippen LogP) is 0.949. The van der Waals surface area contributed by atoms with E-state index in [4.69, 9.17) is 9.88 Å². The number of nitrogens with zero attached hydrogens (tertiary/aromatic N) is 2. The van der Waals surface area contributed by atoms with Gasteiger partial charge in [-0.3, -0.25) is 14.2 Å². The minimum atomic E-state index is -3.75. The number of carbonyl (C=O) groups is 2. The van der Waals surface area contributed by atoms with Crippen molar-refractivity contribution in [2.24, 2.45) is 5.14 Å². The molecule has 0 spiro atoms. The van der Waals surface area contributed by atoms with Crippen LogP contribution in [0.1, 0.15) is 27.7 Å². The normalized spacial score (nSPS) is 11.5. The molecular weight excluding hydrogens is 456 g/mol. The van der Waals surface area contributed by atoms with Crippen LogP contribution in [0.4, 0.5) is 0 Å². The van der Waals surface area contributed by atoms with Gasteiger partial charge in [0.05, 0.1) is 23.2 Å². The fraction of sp³-hybridized carbons (Fsp3) is 0.300. The summed E-state index contributed by atoms with van der Waals surface area (Å²) in [5, 5.41) is 8.07. The maximum Gasteiger partial charge on any atom is 0.348 e. The summed E-state index contributed by atoms with van der Waals surface area (Å²) in [6, 6.07) is 6.05. The van der Waals surface area contributed by atoms with Crippen LogP contribution in [0.25, 0.3) is 10.2 Å². The zero-order valence-electron chi connectivity index (χ0n) is 17.5. The lowest BCUT2D eigenvalue weighted by atomic mass is 10.1. The number of carbonyl (C=O) groups excluding carboxylic acids is 2. The Labute approximate surface area is 188 Å². The van der Waals surface area contributed by atoms with Gasteiger partial charge in [0.15, 0.2) is 0 Å². The van der Waals surface area contributed by atoms with E-state index in [1.54, 1.807) is 26.0 Å². The lowest BCUT2D eigenvalue weighted by molar-refractivity contribution is -0.121. The molecule has 0 radical (unpaired) electrons. The molecule has 10 nitrogen and oxygen atoms in total. The highest BCUT2D eigenvalue weighted by Gasteiger charge is 2.20. The number of primary sulfonamides is 1. The summed E-state index contributed by atoms with van der Waals surface area (Å²) in [6.07, 6.45) is 1.75. The second kappa shape index (κ2) is 9.59. The molecule has 3 rings (SSSR count). The van der Waals surface area contributed by atoms with E-state index in [9.17, 15) is 22.8 Å². The molecular formula is C20H22N4O6S2. The molecule has 1 aromatic carbocycles. The van der Waals surface area contributed by atoms with Crippen molar-refractivity contribution in [2.75, 3.05) is 13.2 Å². The first-order chi connectivity index (χ1) is 15.1. The van der Waals surface area contributed by atoms with Crippen molar-refractivity contribution in [2.45, 2.75) is 31.7 Å². The fourth-order valence-corrected chi connectivity index (χ4v) is 4.61. The van der Waals surface area contributed by atoms with E-state index in [2.05, 4.69) is 10.3 Å². The number of amides is 1. The van der Waals surface area contributed by atoms with Crippen LogP contribution in [0.2, 0.25) is 0 Å². The molecule has 1 amide bonds. The van der Waals surface area contributed by atoms with Crippen LogP contribution in [-0.2, 0) is 32.5 Å². The topological polar surface area (TPSA) is 150 Å². The molecule has 3 aromatic rings. The Morgan fingerprint density at radius 2 is 1.94 bits per heavy atom. The molecule has 0 bridgehead atoms. The number of esters is 1. The van der Waals surface area contributed by atoms with E-state index in [1.165, 1.54) is 23.0 Å². The number of hydrogen-bond acceptors (Lipinski definition) is 8. The highest BCUT2D eigenvalue weighted by molar-refractivity contribution is 7.89. The molecule has 0 aliphatic rings. The number of hydrogen-bond donors (Lipinski definition) is 2. The van der Waals surface area contributed by atoms with E-state index in [0.717, 1.165) is 16.9 Å². The quantitative estimate of drug-likeness (QED) is 0.458. The highest BCUT2D eigenvalue weighted by Crippen LogP contribution is 2.27. The van der Waals surface area contributed by atoms with Gasteiger partial charge in [0.1, 0.15) is 16.3 Å². The third-order valence-corrected chi connectivity index (χ3v) is 6.79. The number of benzene rings is 1. The van der Waals surface area contributed by atoms with Crippen LogP contribution in [0.3, 0.4) is 0 Å². The Morgan fingerprint density at radius 1 is 1.25 bits per heavy atom. The number of ether oxygens (including phenoxy) is 1. The summed E-state index contributed by atoms with van der Waals surface area (Å²) in [6.45, 7) is 3.64. The number of aryl methyl sites for hydroxylation is 1. The Morgan fingerprint density at radius 3 is 2.56 bits per heavy atom. The zero-order valence-corrected chi connectivity index (χ0v) is 19.1. The van der Waals surface area contributed by atoms with Crippen molar-refractivity contribution in [3.8, 4) is 0 Å². The molecule has 2 heterocycles. The van der Waals surface area contributed by atoms with Gasteiger partial charge < -0.3 is 10.1 Å². The molecule has 0 aliphatic heterocycles. The van der Waals surface area contributed by atoms with Gasteiger partial charge in [0.2, 0.25) is 15.9 Å². The van der Waals surface area contributed by atoms with Crippen molar-refractivity contribution >= 4 is 43.5 Å². The molecule has 0 saturated heterocycles. The van der Waals surface area contributed by atoms with Crippen molar-refractivity contribution in [1.29, 1.82) is 0 Å². The van der Waals surface area contributed by atoms with Gasteiger partial charge in [-0.1, -0.05) is 12.1 Å². The molecule has 2 aromatic heterocycles. The number of rotatable bonds is 8. The maximum atomic E-state index is 12.8. The van der Waals surface area contributed by atoms with Crippen LogP contribution in [0.5, 0.6) is 0 Å². The van der Waals surface area contributed by atoms with Crippen LogP contribution >= 0.6 is 11.3 Å². The van der Waals surface area contributed by atoms with Crippen LogP contribution in [0, 0.1) is 6.92 Å². The molecule has 32 heavy (non-hydrogen) atoms. The Kier molecular flexibility index (Phi) is 7.06. The second-order valence-electron chi connectivity index (χ2n) is 6.92. The first-order valence-electron chi connectivity index (χ1n) is 9.66. The minimum absolute atomic E-state index is 0.0161. The number of nitrogens with one attached hydrogen (secondary N) is 1. The number of sulfonamides is 1. The lowest BCUT2D eigenvalue weighted by Crippen LogP contribution is -2.33. The summed E-state index contributed by atoms with van der Waals surface area (Å²) in [5.74, 6) is -0.887. The number of fused-ring (bicyclic) bond motifs is 1. The van der Waals surface area contributed by atoms with Gasteiger partial charge in [0, 0.05) is 6.54 Å². The Balaban J connectivity index is 1.65. The first kappa shape index (κ1) is 23.6. The number of nitrogens with two attached hydrogens (primary N) is 1. The molecule has 170 valence electrons. The fourth-order valence-electron chi connectivity index (χ4n) is 3.07. The van der Waals surface area contributed by atoms with E-state index in [1.807, 2.05) is 0 Å². The molecule has 3 N–H and O–H groups in total. The molecule has 12 heteroatoms. The minimum Gasteiger partial charge on any atom is -0.462 e. The zero-order chi connectivity index (χ0) is 23.5. The number of aromatic nitrogens is 2. The van der Waals surface area contributed by atoms with Gasteiger partial charge in [-0.25, -0.2) is 23.3 Å². The van der Waals surface area contributed by atoms with Gasteiger partial charge in [0.25, 0.3) is 5.56 Å². The molecule has 0 atom stereocenters. The van der Waals surface area contributed by atoms with Crippen molar-refractivity contribution in [3.05, 3.63) is 57.0 Å². The van der Waals surface area contributed by atoms with Crippen molar-refractivity contribution < 1.29 is 22.7 Å². The third-order valence-electron chi connectivity index (χ3n) is 4.68. The monoisotopic (exact) mass is 478 g/mol. The average Bonchev–Trinajstić information content (AvgIpc) is 3.07. The lowest BCUT2D eigenvalue weighted by Gasteiger charge is -2.08. The predicted molar refractivity (Wildman–Crippen MR) is 119 cm³/mol. The van der Waals surface area contributed by atoms with Crippen LogP contribution < -0.4 is 16.0 Å². The smallest absolute Gasteiger partial charge is 0.348 e. The van der Waals surface area contributed by atoms with Crippen molar-refractivity contribution in [1.82, 2.24) is 14.9 Å². The van der Waals surface area contributed by atoms with Gasteiger partial charge >= 0.3 is 5.97 Å². The molecule has 0 fully saturated rings. The third kappa shape index (κ3) is 5.21. The van der Waals surface area contributed by atoms with Crippen LogP contribution in [-0.4, -0.2) is 43.0 Å². The van der Waals surface area contributed by atoms with Gasteiger partial charge in [-0.2, -0.15) is 0 Å². The Bertz CT molecular complexity index is 1330. The Hall–Kier alpha value is -3.09. The summed E-state index contributed by atoms with van der Waals surface area (Å²) in [4.78, 5) is 42.1. The summed E-state index contributed by atoms with van der Waals surface area (Å²) < 4.78 is 28.8. The summed E-state index contributed by atoms with van der Waals surface area (Å²) in [7, 11) is -3.75. The standard InChI is InChI=1S/C20H22N4O6S2/c1-3-30-20(27)17-12(2)16-18(31-17)23-11-24(19(16)26)10-15(25)22-9-8-13-4-6-14(7-5-13)32(21,28)29/h4-7,11H,3,8-10H2,1-2H3,(H,22,25)(H2,21,28,29). The highest BCUT2D eigenvalue weighted by atomic mass is 32.2. The second-order valence-corrected chi connectivity index (χ2v) is 9.48. The maximum absolute atomic E-state index is 12.8. The number of thiophene rings is 1. The molecule has 0 unspecified atom stereocenters. The summed E-state index contributed by atoms with van der Waals surface area (Å²) in [5.41, 5.74) is 0.894. The van der Waals surface area contributed by atoms with E-state index in [-0.39, 0.29) is 24.0 Å². The van der Waals surface area contributed by atoms with Crippen molar-refractivity contribution in [3.63, 3.8) is 0 Å². The average molecular weight is 479 g/mol. The first-order valence-corrected chi connectivity index (χ1v) is 12.0. The van der Waals surface area contributed by atoms with E-state index < -0.39 is 21.6 Å². The van der Waals surface area contributed by atoms with E-state index >= 15 is 0 Å².